The van der Waals surface area contributed by atoms with Gasteiger partial charge < -0.3 is 24.3 Å². The molecule has 2 heterocycles. The molecule has 0 amide bonds. The summed E-state index contributed by atoms with van der Waals surface area (Å²) in [6.45, 7) is 8.35. The molecule has 0 unspecified atom stereocenters. The molecule has 0 spiro atoms. The van der Waals surface area contributed by atoms with Crippen LogP contribution >= 0.6 is 7.75 Å². The summed E-state index contributed by atoms with van der Waals surface area (Å²) < 4.78 is 39.6. The minimum absolute atomic E-state index is 0.0589. The molecule has 3 aromatic carbocycles. The van der Waals surface area contributed by atoms with Crippen molar-refractivity contribution in [3.63, 3.8) is 0 Å². The largest absolute Gasteiger partial charge is 0.465 e. The van der Waals surface area contributed by atoms with Crippen LogP contribution < -0.4 is 15.3 Å². The lowest BCUT2D eigenvalue weighted by Crippen LogP contribution is -2.35. The zero-order chi connectivity index (χ0) is 32.0. The van der Waals surface area contributed by atoms with E-state index in [9.17, 15) is 9.36 Å². The summed E-state index contributed by atoms with van der Waals surface area (Å²) >= 11 is 0. The molecule has 2 aromatic heterocycles. The summed E-state index contributed by atoms with van der Waals surface area (Å²) in [6, 6.07) is 19.5. The number of esters is 1. The Morgan fingerprint density at radius 2 is 1.78 bits per heavy atom. The van der Waals surface area contributed by atoms with Gasteiger partial charge in [0.25, 0.3) is 0 Å². The number of rotatable bonds is 15. The van der Waals surface area contributed by atoms with Crippen LogP contribution in [-0.2, 0) is 30.0 Å². The van der Waals surface area contributed by atoms with Gasteiger partial charge in [-0.25, -0.2) is 14.5 Å². The molecule has 0 aliphatic heterocycles. The Balaban J connectivity index is 1.47. The first-order chi connectivity index (χ1) is 21.7. The lowest BCUT2D eigenvalue weighted by atomic mass is 10.1. The Morgan fingerprint density at radius 3 is 2.56 bits per heavy atom. The van der Waals surface area contributed by atoms with Crippen molar-refractivity contribution in [1.29, 1.82) is 0 Å². The Hall–Kier alpha value is -4.02. The maximum absolute atomic E-state index is 14.4. The first-order valence-electron chi connectivity index (χ1n) is 15.2. The van der Waals surface area contributed by atoms with Crippen molar-refractivity contribution < 1.29 is 27.9 Å². The molecule has 3 N–H and O–H groups in total. The van der Waals surface area contributed by atoms with E-state index in [1.807, 2.05) is 79.9 Å². The van der Waals surface area contributed by atoms with Gasteiger partial charge in [-0.15, -0.1) is 0 Å². The lowest BCUT2D eigenvalue weighted by Gasteiger charge is -2.25. The monoisotopic (exact) mass is 633 g/mol. The number of fused-ring (bicyclic) bond motifs is 4. The minimum atomic E-state index is -4.13. The number of nitrogens with one attached hydrogen (secondary N) is 1. The third-order valence-electron chi connectivity index (χ3n) is 7.38. The Labute approximate surface area is 262 Å². The van der Waals surface area contributed by atoms with Crippen LogP contribution in [-0.4, -0.2) is 46.4 Å². The van der Waals surface area contributed by atoms with Crippen LogP contribution in [0.15, 0.2) is 66.7 Å². The van der Waals surface area contributed by atoms with Gasteiger partial charge in [-0.3, -0.25) is 9.32 Å². The number of ether oxygens (including phenoxy) is 2. The molecule has 0 aliphatic carbocycles. The summed E-state index contributed by atoms with van der Waals surface area (Å²) in [7, 11) is -4.13. The van der Waals surface area contributed by atoms with Crippen molar-refractivity contribution in [2.45, 2.75) is 59.2 Å². The first-order valence-corrected chi connectivity index (χ1v) is 16.8. The van der Waals surface area contributed by atoms with Crippen molar-refractivity contribution in [3.05, 3.63) is 72.6 Å². The summed E-state index contributed by atoms with van der Waals surface area (Å²) in [4.78, 5) is 22.1. The molecule has 0 radical (unpaired) electrons. The number of hydrogen-bond donors (Lipinski definition) is 2. The van der Waals surface area contributed by atoms with E-state index in [4.69, 9.17) is 29.2 Å². The van der Waals surface area contributed by atoms with E-state index in [2.05, 4.69) is 10.1 Å². The van der Waals surface area contributed by atoms with E-state index in [-0.39, 0.29) is 19.8 Å². The molecule has 11 nitrogen and oxygen atoms in total. The van der Waals surface area contributed by atoms with Gasteiger partial charge in [0.15, 0.2) is 5.82 Å². The van der Waals surface area contributed by atoms with E-state index < -0.39 is 25.8 Å². The minimum Gasteiger partial charge on any atom is -0.465 e. The third kappa shape index (κ3) is 7.45. The van der Waals surface area contributed by atoms with Crippen molar-refractivity contribution in [3.8, 4) is 5.75 Å². The average Bonchev–Trinajstić information content (AvgIpc) is 3.43. The number of aromatic nitrogens is 3. The number of carbonyl (C=O) groups is 1. The van der Waals surface area contributed by atoms with Crippen molar-refractivity contribution >= 4 is 52.2 Å². The highest BCUT2D eigenvalue weighted by Gasteiger charge is 2.34. The van der Waals surface area contributed by atoms with Gasteiger partial charge in [-0.1, -0.05) is 61.9 Å². The van der Waals surface area contributed by atoms with Gasteiger partial charge >= 0.3 is 13.7 Å². The van der Waals surface area contributed by atoms with Gasteiger partial charge in [-0.2, -0.15) is 5.09 Å². The highest BCUT2D eigenvalue weighted by molar-refractivity contribution is 7.52. The predicted octanol–water partition coefficient (Wildman–Crippen LogP) is 6.94. The van der Waals surface area contributed by atoms with E-state index in [1.165, 1.54) is 0 Å². The molecule has 0 saturated heterocycles. The van der Waals surface area contributed by atoms with Crippen molar-refractivity contribution in [1.82, 2.24) is 19.6 Å². The van der Waals surface area contributed by atoms with E-state index >= 15 is 0 Å². The fraction of sp³-hybridized carbons (Fsp3) is 0.364. The number of benzene rings is 3. The third-order valence-corrected chi connectivity index (χ3v) is 9.03. The van der Waals surface area contributed by atoms with E-state index in [1.54, 1.807) is 19.1 Å². The highest BCUT2D eigenvalue weighted by atomic mass is 31.2. The first kappa shape index (κ1) is 32.4. The number of anilines is 1. The predicted molar refractivity (Wildman–Crippen MR) is 176 cm³/mol. The number of unbranched alkanes of at least 4 members (excludes halogenated alkanes) is 1. The number of nitrogens with zero attached hydrogens (tertiary/aromatic N) is 3. The number of nitrogen functional groups attached to an aromatic ring is 1. The van der Waals surface area contributed by atoms with Crippen LogP contribution in [0, 0.1) is 0 Å². The van der Waals surface area contributed by atoms with Gasteiger partial charge in [0.1, 0.15) is 29.7 Å². The van der Waals surface area contributed by atoms with Crippen LogP contribution in [0.5, 0.6) is 5.75 Å². The second-order valence-electron chi connectivity index (χ2n) is 10.9. The summed E-state index contributed by atoms with van der Waals surface area (Å²) in [5.74, 6) is 0.713. The number of para-hydroxylation sites is 1. The molecule has 238 valence electrons. The van der Waals surface area contributed by atoms with Crippen LogP contribution in [0.25, 0.3) is 32.7 Å². The molecule has 3 atom stereocenters. The van der Waals surface area contributed by atoms with E-state index in [0.29, 0.717) is 29.5 Å². The molecule has 0 fully saturated rings. The Bertz CT molecular complexity index is 1840. The maximum Gasteiger partial charge on any atom is 0.459 e. The average molecular weight is 634 g/mol. The number of imidazole rings is 1. The molecule has 45 heavy (non-hydrogen) atoms. The van der Waals surface area contributed by atoms with Crippen molar-refractivity contribution in [2.24, 2.45) is 0 Å². The smallest absolute Gasteiger partial charge is 0.459 e. The Kier molecular flexibility index (Phi) is 10.4. The second-order valence-corrected chi connectivity index (χ2v) is 12.6. The molecule has 12 heteroatoms. The molecular weight excluding hydrogens is 593 g/mol. The molecule has 0 aliphatic rings. The standard InChI is InChI=1S/C33H40N5O6P/c1-5-7-18-42-33(39)23(4)37-45(40,44-26-17-16-24-12-8-9-13-25(24)19-26)43-20-22(3)38-29(21-41-6-2)36-30-31(38)27-14-10-11-15-28(27)35-32(30)34/h8-17,19,22-23H,5-7,18,20-21H2,1-4H3,(H2,34,35)(H,37,40)/t22-,23+,45+/m1/s1. The summed E-state index contributed by atoms with van der Waals surface area (Å²) in [6.07, 6.45) is 1.61. The SMILES string of the molecule is CCCCOC(=O)[C@H](C)N[P@](=O)(OC[C@@H](C)n1c(COCC)nc2c(N)nc3ccccc3c21)Oc1ccc2ccccc2c1. The fourth-order valence-corrected chi connectivity index (χ4v) is 6.67. The highest BCUT2D eigenvalue weighted by Crippen LogP contribution is 2.46. The van der Waals surface area contributed by atoms with Gasteiger partial charge in [0.2, 0.25) is 0 Å². The van der Waals surface area contributed by atoms with Crippen LogP contribution in [0.4, 0.5) is 5.82 Å². The maximum atomic E-state index is 14.4. The molecule has 5 aromatic rings. The number of carbonyl (C=O) groups excluding carboxylic acids is 1. The molecular formula is C33H40N5O6P. The second kappa shape index (κ2) is 14.4. The van der Waals surface area contributed by atoms with Crippen LogP contribution in [0.1, 0.15) is 52.4 Å². The van der Waals surface area contributed by atoms with Crippen LogP contribution in [0.3, 0.4) is 0 Å². The number of nitrogens with two attached hydrogens (primary N) is 1. The normalized spacial score (nSPS) is 14.4. The molecule has 0 bridgehead atoms. The topological polar surface area (TPSA) is 140 Å². The zero-order valence-electron chi connectivity index (χ0n) is 26.1. The summed E-state index contributed by atoms with van der Waals surface area (Å²) in [5, 5.41) is 5.57. The quantitative estimate of drug-likeness (QED) is 0.0708. The number of pyridine rings is 1. The van der Waals surface area contributed by atoms with Gasteiger partial charge in [0, 0.05) is 12.0 Å². The fourth-order valence-electron chi connectivity index (χ4n) is 5.10. The van der Waals surface area contributed by atoms with E-state index in [0.717, 1.165) is 40.0 Å². The number of hydrogen-bond acceptors (Lipinski definition) is 9. The van der Waals surface area contributed by atoms with Crippen molar-refractivity contribution in [2.75, 3.05) is 25.6 Å². The molecule has 5 rings (SSSR count). The summed E-state index contributed by atoms with van der Waals surface area (Å²) in [5.41, 5.74) is 8.40. The van der Waals surface area contributed by atoms with Crippen LogP contribution in [0.2, 0.25) is 0 Å². The molecule has 0 saturated carbocycles. The lowest BCUT2D eigenvalue weighted by molar-refractivity contribution is -0.145. The zero-order valence-corrected chi connectivity index (χ0v) is 27.0. The van der Waals surface area contributed by atoms with Gasteiger partial charge in [0.05, 0.1) is 30.3 Å². The Morgan fingerprint density at radius 1 is 1.02 bits per heavy atom. The van der Waals surface area contributed by atoms with Gasteiger partial charge in [-0.05, 0) is 56.2 Å².